The summed E-state index contributed by atoms with van der Waals surface area (Å²) in [5.41, 5.74) is 5.01. The Bertz CT molecular complexity index is 2750. The second kappa shape index (κ2) is 13.7. The quantitative estimate of drug-likeness (QED) is 0.0360. The molecule has 0 bridgehead atoms. The van der Waals surface area contributed by atoms with Crippen LogP contribution in [-0.4, -0.2) is 26.6 Å². The van der Waals surface area contributed by atoms with Gasteiger partial charge in [0.05, 0.1) is 10.7 Å². The minimum absolute atomic E-state index is 0.171. The summed E-state index contributed by atoms with van der Waals surface area (Å²) in [5.74, 6) is 4.76. The average Bonchev–Trinajstić information content (AvgIpc) is 3.53. The first-order valence-corrected chi connectivity index (χ1v) is 24.7. The van der Waals surface area contributed by atoms with E-state index in [1.165, 1.54) is 24.3 Å². The molecule has 8 aromatic rings. The van der Waals surface area contributed by atoms with Crippen LogP contribution in [0.1, 0.15) is 11.1 Å². The van der Waals surface area contributed by atoms with Crippen LogP contribution in [0.4, 0.5) is 24.6 Å². The van der Waals surface area contributed by atoms with Gasteiger partial charge in [-0.05, 0) is 0 Å². The fourth-order valence-corrected chi connectivity index (χ4v) is 13.6. The zero-order valence-corrected chi connectivity index (χ0v) is 35.0. The van der Waals surface area contributed by atoms with Crippen molar-refractivity contribution in [3.05, 3.63) is 169 Å². The Hall–Kier alpha value is -5.19. The average molecular weight is 903 g/mol. The Morgan fingerprint density at radius 3 is 0.845 bits per heavy atom. The van der Waals surface area contributed by atoms with Gasteiger partial charge in [-0.1, -0.05) is 0 Å². The fourth-order valence-electron chi connectivity index (χ4n) is 7.47. The molecule has 0 atom stereocenters. The zero-order chi connectivity index (χ0) is 41.5. The Morgan fingerprint density at radius 1 is 0.362 bits per heavy atom. The van der Waals surface area contributed by atoms with Gasteiger partial charge in [-0.2, -0.15) is 0 Å². The number of aromatic nitrogens is 4. The molecule has 2 aliphatic heterocycles. The molecule has 0 saturated heterocycles. The topological polar surface area (TPSA) is 15.5 Å². The first kappa shape index (κ1) is 41.0. The van der Waals surface area contributed by atoms with Crippen molar-refractivity contribution in [2.24, 2.45) is 0 Å². The van der Waals surface area contributed by atoms with Crippen LogP contribution in [0.15, 0.2) is 158 Å². The number of hydrogen-bond donors (Lipinski definition) is 0. The van der Waals surface area contributed by atoms with Gasteiger partial charge in [0, 0.05) is 0 Å². The molecule has 2 aliphatic rings. The van der Waals surface area contributed by atoms with E-state index < -0.39 is 15.9 Å². The van der Waals surface area contributed by atoms with E-state index in [4.69, 9.17) is 46.4 Å². The van der Waals surface area contributed by atoms with Crippen LogP contribution in [0.2, 0.25) is 0 Å². The molecular weight excluding hydrogens is 872 g/mol. The van der Waals surface area contributed by atoms with Crippen molar-refractivity contribution in [1.29, 1.82) is 0 Å². The van der Waals surface area contributed by atoms with Gasteiger partial charge in [0.1, 0.15) is 0 Å². The van der Waals surface area contributed by atoms with Crippen molar-refractivity contribution in [1.82, 2.24) is 0 Å². The molecule has 0 unspecified atom stereocenters. The maximum absolute atomic E-state index is 16.3. The standard InChI is InChI=1S/2C20H13F3N2Si.2CH2Cl2/c2*21-26(22,23,15-12-16-6-2-1-3-7-16)24-13-4-8-17-10-11-18-9-5-14-25(26)20(18)19(17)24;2*2-1-3/h2*1-11,13-14H;2*1H2. The first-order valence-electron chi connectivity index (χ1n) is 17.5. The number of rotatable bonds is 0. The van der Waals surface area contributed by atoms with E-state index in [2.05, 4.69) is 11.8 Å². The Labute approximate surface area is 348 Å². The SMILES string of the molecule is ClCCl.ClCCl.F[Si-2]1(F)(F)(C#Cc2ccccc2)[n+]2cccc3ccc4ccc[n+]1c4c32.F[Si-2]1(F)(F)(C#Cc2ccccc2)[n+]2cccc3ccc4ccc[n+]1c4c32. The molecule has 0 amide bonds. The summed E-state index contributed by atoms with van der Waals surface area (Å²) in [6.45, 7) is 0. The Morgan fingerprint density at radius 2 is 0.603 bits per heavy atom. The number of alkyl halides is 4. The maximum atomic E-state index is 16.3. The van der Waals surface area contributed by atoms with Crippen molar-refractivity contribution in [3.63, 3.8) is 0 Å². The van der Waals surface area contributed by atoms with Crippen molar-refractivity contribution in [3.8, 4) is 22.9 Å². The molecule has 0 fully saturated rings. The molecule has 0 radical (unpaired) electrons. The normalized spacial score (nSPS) is 19.1. The third kappa shape index (κ3) is 6.36. The molecule has 4 aromatic carbocycles. The van der Waals surface area contributed by atoms with Gasteiger partial charge in [0.25, 0.3) is 0 Å². The summed E-state index contributed by atoms with van der Waals surface area (Å²) in [6, 6.07) is 35.9. The number of halogens is 10. The Kier molecular flexibility index (Phi) is 9.68. The molecular formula is C42H30Cl4F6N4Si2. The van der Waals surface area contributed by atoms with E-state index in [9.17, 15) is 0 Å². The fraction of sp³-hybridized carbons (Fsp3) is 0.0476. The molecule has 16 heteroatoms. The number of hydrogen-bond acceptors (Lipinski definition) is 0. The summed E-state index contributed by atoms with van der Waals surface area (Å²) in [4.78, 5) is 0. The molecule has 4 nitrogen and oxygen atoms in total. The van der Waals surface area contributed by atoms with E-state index in [1.807, 2.05) is 11.1 Å². The number of benzene rings is 4. The van der Waals surface area contributed by atoms with Crippen molar-refractivity contribution < 1.29 is 41.6 Å². The third-order valence-electron chi connectivity index (χ3n) is 9.91. The molecule has 4 aromatic heterocycles. The van der Waals surface area contributed by atoms with Gasteiger partial charge in [0.2, 0.25) is 0 Å². The van der Waals surface area contributed by atoms with E-state index in [1.54, 1.807) is 109 Å². The number of pyridine rings is 4. The molecule has 10 rings (SSSR count). The first-order chi connectivity index (χ1) is 27.5. The molecule has 0 N–H and O–H groups in total. The van der Waals surface area contributed by atoms with Gasteiger partial charge in [-0.3, -0.25) is 0 Å². The van der Waals surface area contributed by atoms with Crippen LogP contribution in [0.3, 0.4) is 0 Å². The van der Waals surface area contributed by atoms with Crippen LogP contribution in [0.5, 0.6) is 0 Å². The molecule has 6 heterocycles. The van der Waals surface area contributed by atoms with Crippen molar-refractivity contribution in [2.45, 2.75) is 0 Å². The predicted octanol–water partition coefficient (Wildman–Crippen LogP) is 10.1. The van der Waals surface area contributed by atoms with Crippen LogP contribution in [-0.2, 0) is 0 Å². The summed E-state index contributed by atoms with van der Waals surface area (Å²) in [6.07, 6.45) is 4.38. The van der Waals surface area contributed by atoms with Gasteiger partial charge >= 0.3 is 293 Å². The summed E-state index contributed by atoms with van der Waals surface area (Å²) >= 11 is 19.1. The number of nitrogens with zero attached hydrogens (tertiary/aromatic N) is 4. The second-order valence-electron chi connectivity index (χ2n) is 13.5. The van der Waals surface area contributed by atoms with Crippen molar-refractivity contribution >= 4 is 106 Å². The molecule has 296 valence electrons. The van der Waals surface area contributed by atoms with E-state index in [-0.39, 0.29) is 32.7 Å². The molecule has 0 spiro atoms. The minimum atomic E-state index is -8.21. The summed E-state index contributed by atoms with van der Waals surface area (Å²) in [5, 5.41) is 2.58. The monoisotopic (exact) mass is 900 g/mol. The summed E-state index contributed by atoms with van der Waals surface area (Å²) in [7, 11) is -16.4. The molecule has 0 saturated carbocycles. The van der Waals surface area contributed by atoms with Crippen molar-refractivity contribution in [2.75, 3.05) is 10.7 Å². The molecule has 58 heavy (non-hydrogen) atoms. The zero-order valence-electron chi connectivity index (χ0n) is 30.0. The van der Waals surface area contributed by atoms with E-state index in [0.29, 0.717) is 49.6 Å². The van der Waals surface area contributed by atoms with Gasteiger partial charge in [-0.25, -0.2) is 0 Å². The molecule has 0 aliphatic carbocycles. The second-order valence-corrected chi connectivity index (χ2v) is 22.8. The van der Waals surface area contributed by atoms with Crippen LogP contribution >= 0.6 is 46.4 Å². The Balaban J connectivity index is 0.000000156. The van der Waals surface area contributed by atoms with Gasteiger partial charge in [0.15, 0.2) is 0 Å². The van der Waals surface area contributed by atoms with Crippen LogP contribution in [0, 0.1) is 22.9 Å². The van der Waals surface area contributed by atoms with Gasteiger partial charge in [-0.15, -0.1) is 46.4 Å². The summed E-state index contributed by atoms with van der Waals surface area (Å²) < 4.78 is 99.7. The third-order valence-corrected chi connectivity index (χ3v) is 16.7. The predicted molar refractivity (Wildman–Crippen MR) is 223 cm³/mol. The van der Waals surface area contributed by atoms with E-state index in [0.717, 1.165) is 24.8 Å². The van der Waals surface area contributed by atoms with Gasteiger partial charge < -0.3 is 0 Å². The van der Waals surface area contributed by atoms with Crippen LogP contribution < -0.4 is 16.9 Å². The van der Waals surface area contributed by atoms with E-state index >= 15 is 24.6 Å². The van der Waals surface area contributed by atoms with Crippen LogP contribution in [0.25, 0.3) is 43.6 Å².